The molecule has 0 amide bonds. The number of hydrogen-bond acceptors (Lipinski definition) is 0. The first kappa shape index (κ1) is 12.5. The van der Waals surface area contributed by atoms with Crippen LogP contribution in [-0.4, -0.2) is 0 Å². The van der Waals surface area contributed by atoms with E-state index in [2.05, 4.69) is 58.0 Å². The first-order chi connectivity index (χ1) is 9.06. The van der Waals surface area contributed by atoms with E-state index in [0.717, 1.165) is 0 Å². The third-order valence-electron chi connectivity index (χ3n) is 4.80. The molecular weight excluding hydrogens is 228 g/mol. The Bertz CT molecular complexity index is 604. The lowest BCUT2D eigenvalue weighted by Gasteiger charge is -2.12. The number of benzene rings is 2. The number of rotatable bonds is 1. The lowest BCUT2D eigenvalue weighted by atomic mass is 9.93. The molecule has 98 valence electrons. The largest absolute Gasteiger partial charge is 0.0588 e. The van der Waals surface area contributed by atoms with Gasteiger partial charge in [-0.3, -0.25) is 0 Å². The van der Waals surface area contributed by atoms with Crippen molar-refractivity contribution in [2.45, 2.75) is 46.5 Å². The molecule has 19 heavy (non-hydrogen) atoms. The molecule has 0 heteroatoms. The van der Waals surface area contributed by atoms with Gasteiger partial charge >= 0.3 is 0 Å². The molecule has 2 aromatic carbocycles. The molecule has 0 atom stereocenters. The molecule has 0 saturated heterocycles. The summed E-state index contributed by atoms with van der Waals surface area (Å²) in [5, 5.41) is 0. The minimum absolute atomic E-state index is 0.675. The summed E-state index contributed by atoms with van der Waals surface area (Å²) in [5.74, 6) is 0.675. The summed E-state index contributed by atoms with van der Waals surface area (Å²) >= 11 is 0. The molecule has 0 spiro atoms. The zero-order valence-electron chi connectivity index (χ0n) is 12.4. The molecule has 0 nitrogen and oxygen atoms in total. The van der Waals surface area contributed by atoms with Crippen LogP contribution in [0.25, 0.3) is 0 Å². The van der Waals surface area contributed by atoms with E-state index in [1.54, 1.807) is 11.1 Å². The second-order valence-corrected chi connectivity index (χ2v) is 6.11. The number of hydrogen-bond donors (Lipinski definition) is 0. The minimum Gasteiger partial charge on any atom is -0.0588 e. The van der Waals surface area contributed by atoms with Gasteiger partial charge in [0.2, 0.25) is 0 Å². The van der Waals surface area contributed by atoms with Crippen molar-refractivity contribution in [2.24, 2.45) is 0 Å². The molecular formula is C19H22. The first-order valence-electron chi connectivity index (χ1n) is 7.21. The summed E-state index contributed by atoms with van der Waals surface area (Å²) < 4.78 is 0. The number of aryl methyl sites for hydroxylation is 4. The van der Waals surface area contributed by atoms with Crippen LogP contribution in [0.15, 0.2) is 30.3 Å². The quantitative estimate of drug-likeness (QED) is 0.682. The lowest BCUT2D eigenvalue weighted by molar-refractivity contribution is 0.738. The maximum Gasteiger partial charge on any atom is -0.00805 e. The molecule has 1 aliphatic rings. The van der Waals surface area contributed by atoms with Crippen LogP contribution >= 0.6 is 0 Å². The molecule has 0 N–H and O–H groups in total. The van der Waals surface area contributed by atoms with Crippen LogP contribution in [0.2, 0.25) is 0 Å². The van der Waals surface area contributed by atoms with Crippen molar-refractivity contribution in [1.29, 1.82) is 0 Å². The zero-order valence-corrected chi connectivity index (χ0v) is 12.4. The van der Waals surface area contributed by atoms with E-state index in [1.165, 1.54) is 40.7 Å². The van der Waals surface area contributed by atoms with Crippen molar-refractivity contribution < 1.29 is 0 Å². The average molecular weight is 250 g/mol. The van der Waals surface area contributed by atoms with E-state index in [4.69, 9.17) is 0 Å². The summed E-state index contributed by atoms with van der Waals surface area (Å²) in [6.45, 7) is 8.91. The Morgan fingerprint density at radius 3 is 1.74 bits per heavy atom. The van der Waals surface area contributed by atoms with Crippen molar-refractivity contribution in [3.8, 4) is 0 Å². The topological polar surface area (TPSA) is 0 Å². The first-order valence-corrected chi connectivity index (χ1v) is 7.21. The average Bonchev–Trinajstić information content (AvgIpc) is 2.83. The molecule has 3 rings (SSSR count). The second kappa shape index (κ2) is 4.52. The minimum atomic E-state index is 0.675. The third-order valence-corrected chi connectivity index (χ3v) is 4.80. The third kappa shape index (κ3) is 2.10. The maximum atomic E-state index is 2.39. The fourth-order valence-corrected chi connectivity index (χ4v) is 3.31. The molecule has 0 heterocycles. The van der Waals surface area contributed by atoms with Gasteiger partial charge in [-0.2, -0.15) is 0 Å². The number of fused-ring (bicyclic) bond motifs is 1. The normalized spacial score (nSPS) is 14.7. The Kier molecular flexibility index (Phi) is 2.97. The highest BCUT2D eigenvalue weighted by molar-refractivity contribution is 5.47. The zero-order chi connectivity index (χ0) is 13.6. The molecule has 2 aromatic rings. The summed E-state index contributed by atoms with van der Waals surface area (Å²) in [7, 11) is 0. The molecule has 0 radical (unpaired) electrons. The van der Waals surface area contributed by atoms with Crippen LogP contribution in [0.5, 0.6) is 0 Å². The second-order valence-electron chi connectivity index (χ2n) is 6.11. The van der Waals surface area contributed by atoms with Crippen LogP contribution in [-0.2, 0) is 12.8 Å². The van der Waals surface area contributed by atoms with Gasteiger partial charge in [-0.05, 0) is 85.4 Å². The van der Waals surface area contributed by atoms with Crippen molar-refractivity contribution in [1.82, 2.24) is 0 Å². The molecule has 0 bridgehead atoms. The standard InChI is InChI=1S/C19H22/c1-12-7-8-16(9-15(12)4)17-10-18-13(2)5-6-14(3)19(18)11-17/h5-9,17H,10-11H2,1-4H3. The van der Waals surface area contributed by atoms with Crippen LogP contribution in [0.4, 0.5) is 0 Å². The van der Waals surface area contributed by atoms with E-state index in [-0.39, 0.29) is 0 Å². The van der Waals surface area contributed by atoms with Crippen LogP contribution in [0.3, 0.4) is 0 Å². The van der Waals surface area contributed by atoms with Crippen molar-refractivity contribution in [3.63, 3.8) is 0 Å². The van der Waals surface area contributed by atoms with E-state index in [0.29, 0.717) is 5.92 Å². The summed E-state index contributed by atoms with van der Waals surface area (Å²) in [6, 6.07) is 11.5. The maximum absolute atomic E-state index is 2.39. The Balaban J connectivity index is 1.97. The van der Waals surface area contributed by atoms with Crippen molar-refractivity contribution >= 4 is 0 Å². The predicted molar refractivity (Wildman–Crippen MR) is 82.0 cm³/mol. The lowest BCUT2D eigenvalue weighted by Crippen LogP contribution is -1.99. The molecule has 1 aliphatic carbocycles. The van der Waals surface area contributed by atoms with Gasteiger partial charge in [0.25, 0.3) is 0 Å². The van der Waals surface area contributed by atoms with E-state index in [9.17, 15) is 0 Å². The predicted octanol–water partition coefficient (Wildman–Crippen LogP) is 4.80. The Hall–Kier alpha value is -1.56. The summed E-state index contributed by atoms with van der Waals surface area (Å²) in [4.78, 5) is 0. The fraction of sp³-hybridized carbons (Fsp3) is 0.368. The van der Waals surface area contributed by atoms with E-state index >= 15 is 0 Å². The fourth-order valence-electron chi connectivity index (χ4n) is 3.31. The highest BCUT2D eigenvalue weighted by Crippen LogP contribution is 2.37. The molecule has 0 saturated carbocycles. The monoisotopic (exact) mass is 250 g/mol. The van der Waals surface area contributed by atoms with Crippen molar-refractivity contribution in [3.05, 3.63) is 69.3 Å². The van der Waals surface area contributed by atoms with Gasteiger partial charge in [0.05, 0.1) is 0 Å². The molecule has 0 aromatic heterocycles. The van der Waals surface area contributed by atoms with Gasteiger partial charge < -0.3 is 0 Å². The highest BCUT2D eigenvalue weighted by atomic mass is 14.3. The summed E-state index contributed by atoms with van der Waals surface area (Å²) in [6.07, 6.45) is 2.43. The van der Waals surface area contributed by atoms with Gasteiger partial charge in [-0.25, -0.2) is 0 Å². The van der Waals surface area contributed by atoms with Crippen LogP contribution in [0, 0.1) is 27.7 Å². The Labute approximate surface area is 116 Å². The molecule has 0 unspecified atom stereocenters. The summed E-state index contributed by atoms with van der Waals surface area (Å²) in [5.41, 5.74) is 10.5. The smallest absolute Gasteiger partial charge is 0.00805 e. The molecule has 0 aliphatic heterocycles. The van der Waals surface area contributed by atoms with Crippen LogP contribution < -0.4 is 0 Å². The van der Waals surface area contributed by atoms with Gasteiger partial charge in [0.15, 0.2) is 0 Å². The Morgan fingerprint density at radius 2 is 1.21 bits per heavy atom. The van der Waals surface area contributed by atoms with E-state index < -0.39 is 0 Å². The van der Waals surface area contributed by atoms with Crippen LogP contribution in [0.1, 0.15) is 44.9 Å². The highest BCUT2D eigenvalue weighted by Gasteiger charge is 2.25. The molecule has 0 fully saturated rings. The van der Waals surface area contributed by atoms with Gasteiger partial charge in [0, 0.05) is 0 Å². The van der Waals surface area contributed by atoms with Gasteiger partial charge in [0.1, 0.15) is 0 Å². The van der Waals surface area contributed by atoms with E-state index in [1.807, 2.05) is 0 Å². The Morgan fingerprint density at radius 1 is 0.684 bits per heavy atom. The van der Waals surface area contributed by atoms with Gasteiger partial charge in [-0.15, -0.1) is 0 Å². The van der Waals surface area contributed by atoms with Crippen molar-refractivity contribution in [2.75, 3.05) is 0 Å². The van der Waals surface area contributed by atoms with Gasteiger partial charge in [-0.1, -0.05) is 30.3 Å². The SMILES string of the molecule is Cc1ccc(C2Cc3c(C)ccc(C)c3C2)cc1C.